The molecule has 0 aliphatic carbocycles. The molecule has 0 heterocycles. The van der Waals surface area contributed by atoms with Gasteiger partial charge in [0.2, 0.25) is 5.91 Å². The summed E-state index contributed by atoms with van der Waals surface area (Å²) in [6, 6.07) is 3.01. The van der Waals surface area contributed by atoms with Gasteiger partial charge < -0.3 is 10.4 Å². The first-order valence-corrected chi connectivity index (χ1v) is 6.86. The van der Waals surface area contributed by atoms with Crippen molar-refractivity contribution in [1.29, 1.82) is 0 Å². The second kappa shape index (κ2) is 7.69. The van der Waals surface area contributed by atoms with Crippen LogP contribution in [0, 0.1) is 0 Å². The lowest BCUT2D eigenvalue weighted by molar-refractivity contribution is -0.146. The summed E-state index contributed by atoms with van der Waals surface area (Å²) in [5.74, 6) is -2.35. The number of benzene rings is 1. The van der Waals surface area contributed by atoms with Gasteiger partial charge in [0.05, 0.1) is 6.42 Å². The summed E-state index contributed by atoms with van der Waals surface area (Å²) in [6.45, 7) is 0. The Morgan fingerprint density at radius 1 is 1.18 bits per heavy atom. The molecule has 1 aromatic carbocycles. The molecule has 4 nitrogen and oxygen atoms in total. The number of alkyl halides is 3. The Kier molecular flexibility index (Phi) is 6.49. The van der Waals surface area contributed by atoms with Crippen molar-refractivity contribution in [1.82, 2.24) is 5.32 Å². The second-order valence-electron chi connectivity index (χ2n) is 4.56. The Labute approximate surface area is 134 Å². The summed E-state index contributed by atoms with van der Waals surface area (Å²) in [6.07, 6.45) is -6.76. The molecule has 0 aliphatic rings. The van der Waals surface area contributed by atoms with Crippen LogP contribution in [0.3, 0.4) is 0 Å². The lowest BCUT2D eigenvalue weighted by Gasteiger charge is -2.15. The molecule has 0 bridgehead atoms. The number of hydrogen-bond acceptors (Lipinski definition) is 2. The zero-order valence-electron chi connectivity index (χ0n) is 11.1. The highest BCUT2D eigenvalue weighted by atomic mass is 35.5. The second-order valence-corrected chi connectivity index (χ2v) is 5.43. The number of carbonyl (C=O) groups excluding carboxylic acids is 1. The van der Waals surface area contributed by atoms with Crippen LogP contribution in [-0.2, 0) is 16.0 Å². The molecule has 2 N–H and O–H groups in total. The quantitative estimate of drug-likeness (QED) is 0.819. The van der Waals surface area contributed by atoms with Crippen molar-refractivity contribution in [3.8, 4) is 0 Å². The van der Waals surface area contributed by atoms with Gasteiger partial charge in [0.15, 0.2) is 0 Å². The van der Waals surface area contributed by atoms with E-state index in [4.69, 9.17) is 28.3 Å². The first-order valence-electron chi connectivity index (χ1n) is 6.11. The molecular weight excluding hydrogens is 346 g/mol. The molecule has 0 aromatic heterocycles. The molecule has 0 aliphatic heterocycles. The number of carbonyl (C=O) groups is 2. The van der Waals surface area contributed by atoms with Crippen LogP contribution in [0.5, 0.6) is 0 Å². The summed E-state index contributed by atoms with van der Waals surface area (Å²) in [4.78, 5) is 22.5. The fourth-order valence-corrected chi connectivity index (χ4v) is 2.26. The first kappa shape index (κ1) is 18.6. The number of carboxylic acids is 1. The molecule has 1 amide bonds. The molecule has 1 rings (SSSR count). The molecule has 22 heavy (non-hydrogen) atoms. The van der Waals surface area contributed by atoms with Gasteiger partial charge in [-0.2, -0.15) is 13.2 Å². The van der Waals surface area contributed by atoms with Gasteiger partial charge in [0.1, 0.15) is 6.04 Å². The SMILES string of the molecule is O=C(CCC(F)(F)F)NC(Cc1cc(Cl)cc(Cl)c1)C(=O)O. The van der Waals surface area contributed by atoms with Crippen LogP contribution in [0.2, 0.25) is 10.0 Å². The first-order chi connectivity index (χ1) is 10.1. The van der Waals surface area contributed by atoms with Crippen LogP contribution in [0.25, 0.3) is 0 Å². The predicted molar refractivity (Wildman–Crippen MR) is 75.0 cm³/mol. The molecule has 122 valence electrons. The normalized spacial score (nSPS) is 12.8. The molecular formula is C13H12Cl2F3NO3. The zero-order valence-corrected chi connectivity index (χ0v) is 12.6. The summed E-state index contributed by atoms with van der Waals surface area (Å²) < 4.78 is 36.1. The summed E-state index contributed by atoms with van der Waals surface area (Å²) >= 11 is 11.5. The highest BCUT2D eigenvalue weighted by molar-refractivity contribution is 6.34. The minimum atomic E-state index is -4.48. The average molecular weight is 358 g/mol. The maximum absolute atomic E-state index is 12.0. The van der Waals surface area contributed by atoms with Gasteiger partial charge in [0, 0.05) is 22.9 Å². The minimum Gasteiger partial charge on any atom is -0.480 e. The number of aliphatic carboxylic acids is 1. The van der Waals surface area contributed by atoms with E-state index in [1.807, 2.05) is 0 Å². The van der Waals surface area contributed by atoms with E-state index in [1.54, 1.807) is 0 Å². The highest BCUT2D eigenvalue weighted by Crippen LogP contribution is 2.22. The third-order valence-corrected chi connectivity index (χ3v) is 3.07. The number of rotatable bonds is 6. The Hall–Kier alpha value is -1.47. The average Bonchev–Trinajstić information content (AvgIpc) is 2.33. The smallest absolute Gasteiger partial charge is 0.389 e. The molecule has 9 heteroatoms. The molecule has 0 radical (unpaired) electrons. The van der Waals surface area contributed by atoms with Crippen molar-refractivity contribution in [2.75, 3.05) is 0 Å². The molecule has 1 atom stereocenters. The highest BCUT2D eigenvalue weighted by Gasteiger charge is 2.29. The van der Waals surface area contributed by atoms with Gasteiger partial charge in [0.25, 0.3) is 0 Å². The Morgan fingerprint density at radius 3 is 2.18 bits per heavy atom. The fourth-order valence-electron chi connectivity index (χ4n) is 1.69. The molecule has 0 saturated heterocycles. The van der Waals surface area contributed by atoms with Gasteiger partial charge in [-0.25, -0.2) is 4.79 Å². The maximum Gasteiger partial charge on any atom is 0.389 e. The largest absolute Gasteiger partial charge is 0.480 e. The lowest BCUT2D eigenvalue weighted by atomic mass is 10.1. The summed E-state index contributed by atoms with van der Waals surface area (Å²) in [5, 5.41) is 11.7. The summed E-state index contributed by atoms with van der Waals surface area (Å²) in [5.41, 5.74) is 0.445. The van der Waals surface area contributed by atoms with Crippen molar-refractivity contribution < 1.29 is 27.9 Å². The lowest BCUT2D eigenvalue weighted by Crippen LogP contribution is -2.42. The van der Waals surface area contributed by atoms with Crippen molar-refractivity contribution in [2.24, 2.45) is 0 Å². The number of nitrogens with one attached hydrogen (secondary N) is 1. The van der Waals surface area contributed by atoms with E-state index in [2.05, 4.69) is 5.32 Å². The van der Waals surface area contributed by atoms with Crippen LogP contribution in [0.4, 0.5) is 13.2 Å². The molecule has 1 aromatic rings. The van der Waals surface area contributed by atoms with Crippen molar-refractivity contribution >= 4 is 35.1 Å². The number of hydrogen-bond donors (Lipinski definition) is 2. The zero-order chi connectivity index (χ0) is 16.9. The van der Waals surface area contributed by atoms with E-state index >= 15 is 0 Å². The monoisotopic (exact) mass is 357 g/mol. The van der Waals surface area contributed by atoms with E-state index in [1.165, 1.54) is 18.2 Å². The fraction of sp³-hybridized carbons (Fsp3) is 0.385. The molecule has 0 fully saturated rings. The van der Waals surface area contributed by atoms with Crippen LogP contribution < -0.4 is 5.32 Å². The van der Waals surface area contributed by atoms with E-state index in [0.717, 1.165) is 0 Å². The van der Waals surface area contributed by atoms with Crippen molar-refractivity contribution in [3.05, 3.63) is 33.8 Å². The molecule has 0 spiro atoms. The van der Waals surface area contributed by atoms with E-state index in [0.29, 0.717) is 5.56 Å². The Morgan fingerprint density at radius 2 is 1.73 bits per heavy atom. The molecule has 1 unspecified atom stereocenters. The molecule has 0 saturated carbocycles. The number of halogens is 5. The van der Waals surface area contributed by atoms with Gasteiger partial charge in [-0.15, -0.1) is 0 Å². The number of amides is 1. The van der Waals surface area contributed by atoms with Crippen LogP contribution in [0.1, 0.15) is 18.4 Å². The van der Waals surface area contributed by atoms with Gasteiger partial charge >= 0.3 is 12.1 Å². The van der Waals surface area contributed by atoms with Crippen LogP contribution in [0.15, 0.2) is 18.2 Å². The Balaban J connectivity index is 2.70. The summed E-state index contributed by atoms with van der Waals surface area (Å²) in [7, 11) is 0. The number of carboxylic acid groups (broad SMARTS) is 1. The van der Waals surface area contributed by atoms with Crippen molar-refractivity contribution in [3.63, 3.8) is 0 Å². The van der Waals surface area contributed by atoms with E-state index in [9.17, 15) is 22.8 Å². The minimum absolute atomic E-state index is 0.145. The third kappa shape index (κ3) is 7.00. The van der Waals surface area contributed by atoms with Crippen LogP contribution >= 0.6 is 23.2 Å². The Bertz CT molecular complexity index is 544. The van der Waals surface area contributed by atoms with E-state index < -0.39 is 36.9 Å². The van der Waals surface area contributed by atoms with Gasteiger partial charge in [-0.05, 0) is 23.8 Å². The van der Waals surface area contributed by atoms with Crippen molar-refractivity contribution in [2.45, 2.75) is 31.5 Å². The van der Waals surface area contributed by atoms with Crippen LogP contribution in [-0.4, -0.2) is 29.2 Å². The predicted octanol–water partition coefficient (Wildman–Crippen LogP) is 3.45. The standard InChI is InChI=1S/C13H12Cl2F3NO3/c14-8-3-7(4-9(15)6-8)5-10(12(21)22)19-11(20)1-2-13(16,17)18/h3-4,6,10H,1-2,5H2,(H,19,20)(H,21,22). The van der Waals surface area contributed by atoms with Gasteiger partial charge in [-0.3, -0.25) is 4.79 Å². The van der Waals surface area contributed by atoms with Gasteiger partial charge in [-0.1, -0.05) is 23.2 Å². The topological polar surface area (TPSA) is 66.4 Å². The maximum atomic E-state index is 12.0. The van der Waals surface area contributed by atoms with E-state index in [-0.39, 0.29) is 16.5 Å². The third-order valence-electron chi connectivity index (χ3n) is 2.63.